The lowest BCUT2D eigenvalue weighted by Crippen LogP contribution is -2.62. The molecule has 96 valence electrons. The standard InChI is InChI=1S/C8H14BN2O6/c1-3-5(7(12)13)10-9(16-3)11-6(8(14)15)4(2)17-9/h3-6,10-11H,1-2H3,(H,12,13)(H,14,15)/q-1. The van der Waals surface area contributed by atoms with Gasteiger partial charge in [0.2, 0.25) is 0 Å². The normalized spacial score (nSPS) is 45.3. The highest BCUT2D eigenvalue weighted by molar-refractivity contribution is 6.64. The molecule has 0 aliphatic carbocycles. The lowest BCUT2D eigenvalue weighted by molar-refractivity contribution is -0.141. The van der Waals surface area contributed by atoms with Crippen LogP contribution in [0.2, 0.25) is 0 Å². The molecule has 9 heteroatoms. The van der Waals surface area contributed by atoms with Crippen LogP contribution in [-0.4, -0.2) is 53.3 Å². The Bertz CT molecular complexity index is 330. The zero-order chi connectivity index (χ0) is 12.8. The Labute approximate surface area is 97.3 Å². The Balaban J connectivity index is 2.14. The fraction of sp³-hybridized carbons (Fsp3) is 0.750. The third-order valence-electron chi connectivity index (χ3n) is 3.08. The molecular formula is C8H14BN2O6-. The van der Waals surface area contributed by atoms with Crippen molar-refractivity contribution in [3.8, 4) is 0 Å². The number of aliphatic carboxylic acids is 2. The Kier molecular flexibility index (Phi) is 2.86. The maximum absolute atomic E-state index is 10.9. The third kappa shape index (κ3) is 2.02. The number of hydrogen-bond donors (Lipinski definition) is 4. The van der Waals surface area contributed by atoms with Crippen molar-refractivity contribution in [2.75, 3.05) is 0 Å². The summed E-state index contributed by atoms with van der Waals surface area (Å²) in [6, 6.07) is -1.83. The molecule has 0 aromatic heterocycles. The van der Waals surface area contributed by atoms with Gasteiger partial charge in [-0.15, -0.1) is 0 Å². The van der Waals surface area contributed by atoms with E-state index >= 15 is 0 Å². The van der Waals surface area contributed by atoms with E-state index in [2.05, 4.69) is 10.5 Å². The topological polar surface area (TPSA) is 117 Å². The molecule has 2 saturated heterocycles. The average Bonchev–Trinajstić information content (AvgIpc) is 2.68. The largest absolute Gasteiger partial charge is 0.537 e. The fourth-order valence-electron chi connectivity index (χ4n) is 2.29. The third-order valence-corrected chi connectivity index (χ3v) is 3.08. The van der Waals surface area contributed by atoms with Crippen molar-refractivity contribution >= 4 is 18.8 Å². The van der Waals surface area contributed by atoms with Crippen LogP contribution in [0.3, 0.4) is 0 Å². The van der Waals surface area contributed by atoms with Crippen LogP contribution in [0.4, 0.5) is 0 Å². The number of hydrogen-bond acceptors (Lipinski definition) is 6. The van der Waals surface area contributed by atoms with E-state index in [1.165, 1.54) is 0 Å². The Hall–Kier alpha value is -1.16. The van der Waals surface area contributed by atoms with E-state index in [0.717, 1.165) is 0 Å². The molecule has 0 aromatic rings. The maximum Gasteiger partial charge on any atom is 0.395 e. The maximum atomic E-state index is 10.9. The van der Waals surface area contributed by atoms with Gasteiger partial charge >= 0.3 is 18.8 Å². The van der Waals surface area contributed by atoms with Crippen molar-refractivity contribution in [1.82, 2.24) is 10.5 Å². The van der Waals surface area contributed by atoms with E-state index in [4.69, 9.17) is 19.5 Å². The summed E-state index contributed by atoms with van der Waals surface area (Å²) in [5, 5.41) is 23.2. The van der Waals surface area contributed by atoms with Gasteiger partial charge in [0.1, 0.15) is 0 Å². The van der Waals surface area contributed by atoms with E-state index in [1.54, 1.807) is 13.8 Å². The number of rotatable bonds is 2. The zero-order valence-electron chi connectivity index (χ0n) is 9.41. The molecule has 0 aromatic carbocycles. The van der Waals surface area contributed by atoms with Gasteiger partial charge in [-0.05, 0) is 13.8 Å². The molecule has 2 rings (SSSR count). The second-order valence-electron chi connectivity index (χ2n) is 4.36. The number of carboxylic acids is 2. The number of carboxylic acid groups (broad SMARTS) is 2. The van der Waals surface area contributed by atoms with Crippen molar-refractivity contribution in [2.45, 2.75) is 38.1 Å². The second-order valence-corrected chi connectivity index (χ2v) is 4.36. The molecule has 0 amide bonds. The van der Waals surface area contributed by atoms with Crippen LogP contribution in [0.25, 0.3) is 0 Å². The van der Waals surface area contributed by atoms with Crippen molar-refractivity contribution in [1.29, 1.82) is 0 Å². The highest BCUT2D eigenvalue weighted by atomic mass is 16.7. The first-order valence-electron chi connectivity index (χ1n) is 5.35. The van der Waals surface area contributed by atoms with Crippen molar-refractivity contribution in [3.63, 3.8) is 0 Å². The molecule has 2 heterocycles. The highest BCUT2D eigenvalue weighted by Crippen LogP contribution is 2.25. The van der Waals surface area contributed by atoms with E-state index in [-0.39, 0.29) is 0 Å². The van der Waals surface area contributed by atoms with Crippen LogP contribution in [0.1, 0.15) is 13.8 Å². The summed E-state index contributed by atoms with van der Waals surface area (Å²) in [6.07, 6.45) is -1.19. The van der Waals surface area contributed by atoms with Gasteiger partial charge in [0.15, 0.2) is 0 Å². The van der Waals surface area contributed by atoms with Gasteiger partial charge in [0, 0.05) is 12.2 Å². The molecule has 0 bridgehead atoms. The monoisotopic (exact) mass is 245 g/mol. The summed E-state index contributed by atoms with van der Waals surface area (Å²) in [6.45, 7) is 0.942. The van der Waals surface area contributed by atoms with Gasteiger partial charge < -0.3 is 30.0 Å². The minimum Gasteiger partial charge on any atom is -0.537 e. The summed E-state index contributed by atoms with van der Waals surface area (Å²) in [5.41, 5.74) is 0. The predicted octanol–water partition coefficient (Wildman–Crippen LogP) is -1.65. The van der Waals surface area contributed by atoms with Crippen LogP contribution in [0, 0.1) is 0 Å². The Morgan fingerprint density at radius 3 is 1.59 bits per heavy atom. The summed E-state index contributed by atoms with van der Waals surface area (Å²) in [7, 11) is 0. The lowest BCUT2D eigenvalue weighted by atomic mass is 9.91. The minimum atomic E-state index is -2.24. The molecule has 2 aliphatic rings. The Morgan fingerprint density at radius 1 is 1.00 bits per heavy atom. The van der Waals surface area contributed by atoms with E-state index < -0.39 is 43.1 Å². The van der Waals surface area contributed by atoms with E-state index in [0.29, 0.717) is 0 Å². The first kappa shape index (κ1) is 12.3. The smallest absolute Gasteiger partial charge is 0.395 e. The molecule has 2 fully saturated rings. The first-order chi connectivity index (χ1) is 7.84. The van der Waals surface area contributed by atoms with Gasteiger partial charge in [0.25, 0.3) is 0 Å². The first-order valence-corrected chi connectivity index (χ1v) is 5.35. The van der Waals surface area contributed by atoms with Crippen LogP contribution in [0.5, 0.6) is 0 Å². The molecule has 0 saturated carbocycles. The molecule has 2 aliphatic heterocycles. The van der Waals surface area contributed by atoms with Crippen molar-refractivity contribution in [2.24, 2.45) is 0 Å². The summed E-state index contributed by atoms with van der Waals surface area (Å²) < 4.78 is 10.8. The fourth-order valence-corrected chi connectivity index (χ4v) is 2.29. The SMILES string of the molecule is CC1O[B-]2(NC1C(=O)O)NC(C(=O)O)C(C)O2. The number of nitrogens with one attached hydrogen (secondary N) is 2. The summed E-state index contributed by atoms with van der Waals surface area (Å²) in [5.74, 6) is -2.12. The van der Waals surface area contributed by atoms with Crippen LogP contribution in [-0.2, 0) is 18.9 Å². The quantitative estimate of drug-likeness (QED) is 0.427. The van der Waals surface area contributed by atoms with Crippen molar-refractivity contribution in [3.05, 3.63) is 0 Å². The molecule has 1 spiro atoms. The van der Waals surface area contributed by atoms with Gasteiger partial charge in [0.05, 0.1) is 12.1 Å². The average molecular weight is 245 g/mol. The molecule has 8 nitrogen and oxygen atoms in total. The highest BCUT2D eigenvalue weighted by Gasteiger charge is 2.51. The second kappa shape index (κ2) is 3.95. The molecule has 4 atom stereocenters. The molecule has 4 unspecified atom stereocenters. The Morgan fingerprint density at radius 2 is 1.35 bits per heavy atom. The van der Waals surface area contributed by atoms with Crippen LogP contribution < -0.4 is 10.5 Å². The lowest BCUT2D eigenvalue weighted by Gasteiger charge is -2.30. The van der Waals surface area contributed by atoms with Gasteiger partial charge in [-0.25, -0.2) is 0 Å². The predicted molar refractivity (Wildman–Crippen MR) is 56.0 cm³/mol. The van der Waals surface area contributed by atoms with E-state index in [9.17, 15) is 9.59 Å². The molecule has 0 radical (unpaired) electrons. The van der Waals surface area contributed by atoms with Crippen molar-refractivity contribution < 1.29 is 29.1 Å². The molecule has 17 heavy (non-hydrogen) atoms. The summed E-state index contributed by atoms with van der Waals surface area (Å²) in [4.78, 5) is 21.8. The molecular weight excluding hydrogens is 231 g/mol. The van der Waals surface area contributed by atoms with Crippen LogP contribution in [0.15, 0.2) is 0 Å². The van der Waals surface area contributed by atoms with Gasteiger partial charge in [-0.1, -0.05) is 0 Å². The zero-order valence-corrected chi connectivity index (χ0v) is 9.41. The van der Waals surface area contributed by atoms with Gasteiger partial charge in [-0.2, -0.15) is 0 Å². The minimum absolute atomic E-state index is 0.597. The summed E-state index contributed by atoms with van der Waals surface area (Å²) >= 11 is 0. The van der Waals surface area contributed by atoms with Crippen LogP contribution >= 0.6 is 0 Å². The van der Waals surface area contributed by atoms with E-state index in [1.807, 2.05) is 0 Å². The molecule has 4 N–H and O–H groups in total. The van der Waals surface area contributed by atoms with Gasteiger partial charge in [-0.3, -0.25) is 9.59 Å². The number of carbonyl (C=O) groups is 2.